The van der Waals surface area contributed by atoms with Crippen LogP contribution in [-0.4, -0.2) is 70.5 Å². The van der Waals surface area contributed by atoms with Gasteiger partial charge in [0.25, 0.3) is 0 Å². The summed E-state index contributed by atoms with van der Waals surface area (Å²) in [6, 6.07) is 23.6. The topological polar surface area (TPSA) is 76.2 Å². The molecule has 8 heteroatoms. The van der Waals surface area contributed by atoms with E-state index in [1.807, 2.05) is 54.6 Å². The average molecular weight is 472 g/mol. The van der Waals surface area contributed by atoms with E-state index < -0.39 is 6.17 Å². The fourth-order valence-corrected chi connectivity index (χ4v) is 4.95. The molecule has 2 aliphatic heterocycles. The van der Waals surface area contributed by atoms with Crippen LogP contribution in [0, 0.1) is 0 Å². The molecule has 3 aromatic carbocycles. The van der Waals surface area contributed by atoms with Gasteiger partial charge in [0.2, 0.25) is 11.8 Å². The molecule has 35 heavy (non-hydrogen) atoms. The van der Waals surface area contributed by atoms with Crippen molar-refractivity contribution in [1.29, 1.82) is 0 Å². The summed E-state index contributed by atoms with van der Waals surface area (Å²) in [5.74, 6) is -0.257. The minimum absolute atomic E-state index is 0.0371. The van der Waals surface area contributed by atoms with E-state index in [9.17, 15) is 14.4 Å². The number of hydrazine groups is 1. The van der Waals surface area contributed by atoms with Gasteiger partial charge in [-0.1, -0.05) is 72.8 Å². The van der Waals surface area contributed by atoms with Crippen LogP contribution in [-0.2, 0) is 22.7 Å². The van der Waals surface area contributed by atoms with Crippen LogP contribution in [0.1, 0.15) is 17.5 Å². The molecule has 2 aliphatic rings. The Morgan fingerprint density at radius 2 is 1.66 bits per heavy atom. The maximum absolute atomic E-state index is 13.2. The van der Waals surface area contributed by atoms with Crippen molar-refractivity contribution in [2.45, 2.75) is 25.7 Å². The molecule has 8 nitrogen and oxygen atoms in total. The van der Waals surface area contributed by atoms with Crippen LogP contribution in [0.5, 0.6) is 0 Å². The normalized spacial score (nSPS) is 19.0. The lowest BCUT2D eigenvalue weighted by Crippen LogP contribution is -2.67. The second-order valence-corrected chi connectivity index (χ2v) is 9.05. The summed E-state index contributed by atoms with van der Waals surface area (Å²) in [4.78, 5) is 42.6. The summed E-state index contributed by atoms with van der Waals surface area (Å²) in [5, 5.41) is 8.43. The van der Waals surface area contributed by atoms with Crippen LogP contribution in [0.25, 0.3) is 10.8 Å². The third-order valence-corrected chi connectivity index (χ3v) is 6.75. The monoisotopic (exact) mass is 471 g/mol. The van der Waals surface area contributed by atoms with Gasteiger partial charge in [-0.05, 0) is 21.9 Å². The van der Waals surface area contributed by atoms with Crippen molar-refractivity contribution < 1.29 is 14.4 Å². The van der Waals surface area contributed by atoms with Gasteiger partial charge in [0.1, 0.15) is 12.7 Å². The van der Waals surface area contributed by atoms with Crippen molar-refractivity contribution in [1.82, 2.24) is 25.1 Å². The molecule has 0 spiro atoms. The highest BCUT2D eigenvalue weighted by molar-refractivity contribution is 5.89. The van der Waals surface area contributed by atoms with Crippen molar-refractivity contribution >= 4 is 28.6 Å². The van der Waals surface area contributed by atoms with Gasteiger partial charge in [0.15, 0.2) is 0 Å². The van der Waals surface area contributed by atoms with Gasteiger partial charge >= 0.3 is 6.03 Å². The number of nitrogens with zero attached hydrogens (tertiary/aromatic N) is 4. The number of hydrogen-bond donors (Lipinski definition) is 1. The van der Waals surface area contributed by atoms with Crippen molar-refractivity contribution in [3.05, 3.63) is 83.9 Å². The number of urea groups is 1. The fourth-order valence-electron chi connectivity index (χ4n) is 4.95. The molecule has 0 radical (unpaired) electrons. The zero-order valence-electron chi connectivity index (χ0n) is 19.8. The highest BCUT2D eigenvalue weighted by atomic mass is 16.2. The number of amides is 4. The van der Waals surface area contributed by atoms with Crippen LogP contribution in [0.2, 0.25) is 0 Å². The first-order valence-electron chi connectivity index (χ1n) is 11.9. The quantitative estimate of drug-likeness (QED) is 0.635. The van der Waals surface area contributed by atoms with Crippen molar-refractivity contribution in [3.63, 3.8) is 0 Å². The molecule has 1 N–H and O–H groups in total. The minimum Gasteiger partial charge on any atom is -0.337 e. The lowest BCUT2D eigenvalue weighted by molar-refractivity contribution is -0.164. The number of hydrogen-bond acceptors (Lipinski definition) is 4. The van der Waals surface area contributed by atoms with Crippen molar-refractivity contribution in [2.75, 3.05) is 26.7 Å². The van der Waals surface area contributed by atoms with Gasteiger partial charge in [0, 0.05) is 33.1 Å². The summed E-state index contributed by atoms with van der Waals surface area (Å²) in [7, 11) is 1.73. The lowest BCUT2D eigenvalue weighted by Gasteiger charge is -2.46. The Hall–Kier alpha value is -3.91. The van der Waals surface area contributed by atoms with E-state index in [4.69, 9.17) is 0 Å². The second kappa shape index (κ2) is 9.76. The minimum atomic E-state index is -0.515. The molecule has 3 aromatic rings. The van der Waals surface area contributed by atoms with E-state index in [0.29, 0.717) is 26.1 Å². The number of nitrogens with one attached hydrogen (secondary N) is 1. The molecule has 2 fully saturated rings. The fraction of sp³-hybridized carbons (Fsp3) is 0.296. The van der Waals surface area contributed by atoms with E-state index >= 15 is 0 Å². The molecule has 1 atom stereocenters. The first kappa shape index (κ1) is 22.9. The molecule has 0 saturated carbocycles. The van der Waals surface area contributed by atoms with E-state index in [0.717, 1.165) is 21.9 Å². The predicted molar refractivity (Wildman–Crippen MR) is 133 cm³/mol. The SMILES string of the molecule is CN1CC(=O)N2CC(=O)N(Cc3cccc4ccccc34)CCC2N1C(=O)NCc1ccccc1. The molecule has 5 rings (SSSR count). The first-order valence-corrected chi connectivity index (χ1v) is 11.9. The Labute approximate surface area is 204 Å². The number of carbonyl (C=O) groups is 3. The Kier molecular flexibility index (Phi) is 6.37. The number of carbonyl (C=O) groups excluding carboxylic acids is 3. The summed E-state index contributed by atoms with van der Waals surface area (Å²) in [6.07, 6.45) is -0.0378. The van der Waals surface area contributed by atoms with Crippen LogP contribution in [0.3, 0.4) is 0 Å². The summed E-state index contributed by atoms with van der Waals surface area (Å²) >= 11 is 0. The predicted octanol–water partition coefficient (Wildman–Crippen LogP) is 2.80. The summed E-state index contributed by atoms with van der Waals surface area (Å²) in [5.41, 5.74) is 2.06. The molecule has 2 saturated heterocycles. The maximum atomic E-state index is 13.2. The molecule has 2 heterocycles. The van der Waals surface area contributed by atoms with Crippen LogP contribution < -0.4 is 5.32 Å². The average Bonchev–Trinajstić information content (AvgIpc) is 3.03. The van der Waals surface area contributed by atoms with Crippen molar-refractivity contribution in [2.24, 2.45) is 0 Å². The lowest BCUT2D eigenvalue weighted by atomic mass is 10.0. The Morgan fingerprint density at radius 1 is 0.914 bits per heavy atom. The molecule has 0 aromatic heterocycles. The maximum Gasteiger partial charge on any atom is 0.334 e. The van der Waals surface area contributed by atoms with Crippen LogP contribution >= 0.6 is 0 Å². The van der Waals surface area contributed by atoms with E-state index in [2.05, 4.69) is 23.5 Å². The number of rotatable bonds is 4. The highest BCUT2D eigenvalue weighted by Crippen LogP contribution is 2.25. The zero-order valence-corrected chi connectivity index (χ0v) is 19.8. The molecular weight excluding hydrogens is 442 g/mol. The Balaban J connectivity index is 1.34. The third-order valence-electron chi connectivity index (χ3n) is 6.75. The molecule has 4 amide bonds. The van der Waals surface area contributed by atoms with Gasteiger partial charge in [-0.3, -0.25) is 9.59 Å². The smallest absolute Gasteiger partial charge is 0.334 e. The molecule has 1 unspecified atom stereocenters. The largest absolute Gasteiger partial charge is 0.337 e. The molecule has 180 valence electrons. The van der Waals surface area contributed by atoms with Gasteiger partial charge < -0.3 is 15.1 Å². The summed E-state index contributed by atoms with van der Waals surface area (Å²) < 4.78 is 0. The standard InChI is InChI=1S/C27H29N5O3/c1-29-18-26(34)31-19-25(33)30(17-22-12-7-11-21-10-5-6-13-23(21)22)15-14-24(31)32(29)27(35)28-16-20-8-3-2-4-9-20/h2-13,24H,14-19H2,1H3,(H,28,35). The first-order chi connectivity index (χ1) is 17.0. The van der Waals surface area contributed by atoms with E-state index in [1.54, 1.807) is 26.9 Å². The molecular formula is C27H29N5O3. The van der Waals surface area contributed by atoms with Crippen LogP contribution in [0.15, 0.2) is 72.8 Å². The van der Waals surface area contributed by atoms with Gasteiger partial charge in [0.05, 0.1) is 6.54 Å². The van der Waals surface area contributed by atoms with E-state index in [1.165, 1.54) is 0 Å². The van der Waals surface area contributed by atoms with Crippen LogP contribution in [0.4, 0.5) is 4.79 Å². The molecule has 0 bridgehead atoms. The summed E-state index contributed by atoms with van der Waals surface area (Å²) in [6.45, 7) is 1.31. The molecule has 0 aliphatic carbocycles. The van der Waals surface area contributed by atoms with E-state index in [-0.39, 0.29) is 30.9 Å². The Morgan fingerprint density at radius 3 is 2.49 bits per heavy atom. The number of benzene rings is 3. The highest BCUT2D eigenvalue weighted by Gasteiger charge is 2.43. The third kappa shape index (κ3) is 4.70. The van der Waals surface area contributed by atoms with Gasteiger partial charge in [-0.25, -0.2) is 14.8 Å². The Bertz CT molecular complexity index is 1240. The second-order valence-electron chi connectivity index (χ2n) is 9.05. The number of fused-ring (bicyclic) bond motifs is 2. The van der Waals surface area contributed by atoms with Gasteiger partial charge in [-0.15, -0.1) is 0 Å². The van der Waals surface area contributed by atoms with Gasteiger partial charge in [-0.2, -0.15) is 0 Å². The number of likely N-dealkylation sites (N-methyl/N-ethyl adjacent to an activating group) is 1. The van der Waals surface area contributed by atoms with Crippen molar-refractivity contribution in [3.8, 4) is 0 Å². The zero-order chi connectivity index (χ0) is 24.4.